The van der Waals surface area contributed by atoms with Crippen LogP contribution in [0, 0.1) is 0 Å². The maximum absolute atomic E-state index is 13.1. The number of aromatic nitrogens is 1. The van der Waals surface area contributed by atoms with Gasteiger partial charge in [-0.25, -0.2) is 0 Å². The Morgan fingerprint density at radius 3 is 2.41 bits per heavy atom. The zero-order valence-corrected chi connectivity index (χ0v) is 20.4. The number of pyridine rings is 1. The largest absolute Gasteiger partial charge is 0.507 e. The van der Waals surface area contributed by atoms with Crippen molar-refractivity contribution in [2.75, 3.05) is 32.8 Å². The molecule has 0 saturated carbocycles. The number of carbonyl (C=O) groups excluding carboxylic acids is 2. The second kappa shape index (κ2) is 12.3. The van der Waals surface area contributed by atoms with Crippen LogP contribution >= 0.6 is 0 Å². The summed E-state index contributed by atoms with van der Waals surface area (Å²) in [4.78, 5) is 34.2. The molecule has 1 aliphatic rings. The molecule has 0 radical (unpaired) electrons. The minimum Gasteiger partial charge on any atom is -0.507 e. The van der Waals surface area contributed by atoms with Crippen LogP contribution < -0.4 is 4.74 Å². The first-order valence-corrected chi connectivity index (χ1v) is 12.2. The van der Waals surface area contributed by atoms with Gasteiger partial charge in [0.2, 0.25) is 0 Å². The van der Waals surface area contributed by atoms with Crippen molar-refractivity contribution >= 4 is 17.4 Å². The lowest BCUT2D eigenvalue weighted by molar-refractivity contribution is -0.140. The van der Waals surface area contributed by atoms with Crippen molar-refractivity contribution in [2.45, 2.75) is 46.1 Å². The second-order valence-electron chi connectivity index (χ2n) is 8.35. The molecule has 1 aromatic heterocycles. The van der Waals surface area contributed by atoms with Crippen LogP contribution in [0.25, 0.3) is 5.76 Å². The minimum absolute atomic E-state index is 0.0693. The molecule has 1 amide bonds. The summed E-state index contributed by atoms with van der Waals surface area (Å²) in [6.45, 7) is 9.60. The Bertz CT molecular complexity index is 985. The number of ether oxygens (including phenoxy) is 1. The highest BCUT2D eigenvalue weighted by Crippen LogP contribution is 2.38. The lowest BCUT2D eigenvalue weighted by Crippen LogP contribution is -2.38. The van der Waals surface area contributed by atoms with Crippen molar-refractivity contribution in [1.82, 2.24) is 14.8 Å². The molecule has 1 fully saturated rings. The topological polar surface area (TPSA) is 83.0 Å². The molecule has 34 heavy (non-hydrogen) atoms. The number of benzene rings is 1. The quantitative estimate of drug-likeness (QED) is 0.216. The Balaban J connectivity index is 1.92. The van der Waals surface area contributed by atoms with Crippen LogP contribution in [-0.2, 0) is 9.59 Å². The molecule has 2 heterocycles. The van der Waals surface area contributed by atoms with Crippen LogP contribution in [0.4, 0.5) is 0 Å². The Labute approximate surface area is 202 Å². The fraction of sp³-hybridized carbons (Fsp3) is 0.444. The van der Waals surface area contributed by atoms with Gasteiger partial charge in [-0.2, -0.15) is 0 Å². The van der Waals surface area contributed by atoms with Gasteiger partial charge in [0.05, 0.1) is 17.9 Å². The zero-order chi connectivity index (χ0) is 24.5. The fourth-order valence-electron chi connectivity index (χ4n) is 4.15. The number of aliphatic hydroxyl groups is 1. The van der Waals surface area contributed by atoms with Gasteiger partial charge in [-0.15, -0.1) is 0 Å². The van der Waals surface area contributed by atoms with Gasteiger partial charge in [0.15, 0.2) is 0 Å². The number of Topliss-reactive ketones (excluding diaryl/α,β-unsaturated/α-hetero) is 1. The maximum Gasteiger partial charge on any atom is 0.295 e. The average Bonchev–Trinajstić information content (AvgIpc) is 3.12. The van der Waals surface area contributed by atoms with Crippen LogP contribution in [0.15, 0.2) is 54.2 Å². The number of likely N-dealkylation sites (tertiary alicyclic amines) is 1. The summed E-state index contributed by atoms with van der Waals surface area (Å²) in [6.07, 6.45) is 4.85. The van der Waals surface area contributed by atoms with E-state index in [9.17, 15) is 14.7 Å². The summed E-state index contributed by atoms with van der Waals surface area (Å²) in [7, 11) is 0. The first-order valence-electron chi connectivity index (χ1n) is 12.2. The minimum atomic E-state index is -0.735. The molecule has 7 nitrogen and oxygen atoms in total. The highest BCUT2D eigenvalue weighted by atomic mass is 16.5. The first-order chi connectivity index (χ1) is 16.5. The van der Waals surface area contributed by atoms with Crippen molar-refractivity contribution < 1.29 is 19.4 Å². The van der Waals surface area contributed by atoms with Crippen molar-refractivity contribution in [3.05, 3.63) is 65.5 Å². The number of unbranched alkanes of at least 4 members (excludes halogenated alkanes) is 2. The molecule has 1 atom stereocenters. The van der Waals surface area contributed by atoms with E-state index in [1.807, 2.05) is 6.07 Å². The molecule has 1 saturated heterocycles. The van der Waals surface area contributed by atoms with Crippen LogP contribution in [0.1, 0.15) is 57.3 Å². The number of nitrogens with zero attached hydrogens (tertiary/aromatic N) is 3. The summed E-state index contributed by atoms with van der Waals surface area (Å²) in [5.74, 6) is -0.793. The summed E-state index contributed by atoms with van der Waals surface area (Å²) in [6, 6.07) is 11.6. The van der Waals surface area contributed by atoms with E-state index in [-0.39, 0.29) is 11.3 Å². The van der Waals surface area contributed by atoms with Gasteiger partial charge >= 0.3 is 0 Å². The normalized spacial score (nSPS) is 17.5. The molecule has 1 aromatic carbocycles. The van der Waals surface area contributed by atoms with Gasteiger partial charge in [0.25, 0.3) is 11.7 Å². The molecular formula is C27H35N3O4. The summed E-state index contributed by atoms with van der Waals surface area (Å²) in [5, 5.41) is 11.2. The predicted molar refractivity (Wildman–Crippen MR) is 132 cm³/mol. The third kappa shape index (κ3) is 5.83. The Hall–Kier alpha value is -3.19. The molecular weight excluding hydrogens is 430 g/mol. The number of carbonyl (C=O) groups is 2. The molecule has 0 aliphatic carbocycles. The van der Waals surface area contributed by atoms with Gasteiger partial charge in [-0.3, -0.25) is 14.6 Å². The first kappa shape index (κ1) is 25.4. The molecule has 1 N–H and O–H groups in total. The molecule has 1 unspecified atom stereocenters. The third-order valence-corrected chi connectivity index (χ3v) is 6.20. The molecule has 2 aromatic rings. The van der Waals surface area contributed by atoms with Gasteiger partial charge in [-0.1, -0.05) is 39.7 Å². The maximum atomic E-state index is 13.1. The molecule has 3 rings (SSSR count). The summed E-state index contributed by atoms with van der Waals surface area (Å²) in [5.41, 5.74) is 1.09. The molecule has 7 heteroatoms. The van der Waals surface area contributed by atoms with Crippen LogP contribution in [0.5, 0.6) is 5.75 Å². The average molecular weight is 466 g/mol. The van der Waals surface area contributed by atoms with E-state index in [2.05, 4.69) is 30.7 Å². The number of ketones is 1. The van der Waals surface area contributed by atoms with Crippen molar-refractivity contribution in [1.29, 1.82) is 0 Å². The van der Waals surface area contributed by atoms with E-state index < -0.39 is 17.7 Å². The van der Waals surface area contributed by atoms with Crippen LogP contribution in [0.3, 0.4) is 0 Å². The highest BCUT2D eigenvalue weighted by Gasteiger charge is 2.46. The molecule has 0 spiro atoms. The van der Waals surface area contributed by atoms with E-state index in [4.69, 9.17) is 4.74 Å². The van der Waals surface area contributed by atoms with Crippen molar-refractivity contribution in [2.24, 2.45) is 0 Å². The van der Waals surface area contributed by atoms with E-state index >= 15 is 0 Å². The Morgan fingerprint density at radius 1 is 1.06 bits per heavy atom. The Morgan fingerprint density at radius 2 is 1.79 bits per heavy atom. The summed E-state index contributed by atoms with van der Waals surface area (Å²) >= 11 is 0. The number of amides is 1. The second-order valence-corrected chi connectivity index (χ2v) is 8.35. The van der Waals surface area contributed by atoms with E-state index in [1.54, 1.807) is 42.6 Å². The molecule has 182 valence electrons. The standard InChI is InChI=1S/C27H35N3O4/c1-4-7-10-19-34-21-14-12-20(13-15-21)25(31)23-24(22-11-8-9-16-28-22)30(27(33)26(23)32)18-17-29(5-2)6-3/h8-9,11-16,24,31H,4-7,10,17-19H2,1-3H3/b25-23-. The monoisotopic (exact) mass is 465 g/mol. The fourth-order valence-corrected chi connectivity index (χ4v) is 4.15. The number of aliphatic hydroxyl groups excluding tert-OH is 1. The number of likely N-dealkylation sites (N-methyl/N-ethyl adjacent to an activating group) is 1. The van der Waals surface area contributed by atoms with Gasteiger partial charge in [0.1, 0.15) is 17.6 Å². The lowest BCUT2D eigenvalue weighted by atomic mass is 9.98. The van der Waals surface area contributed by atoms with Gasteiger partial charge in [0, 0.05) is 24.8 Å². The zero-order valence-electron chi connectivity index (χ0n) is 20.4. The Kier molecular flexibility index (Phi) is 9.22. The molecule has 0 bridgehead atoms. The highest BCUT2D eigenvalue weighted by molar-refractivity contribution is 6.46. The van der Waals surface area contributed by atoms with Crippen LogP contribution in [-0.4, -0.2) is 64.4 Å². The smallest absolute Gasteiger partial charge is 0.295 e. The van der Waals surface area contributed by atoms with E-state index in [1.165, 1.54) is 4.90 Å². The van der Waals surface area contributed by atoms with Crippen molar-refractivity contribution in [3.63, 3.8) is 0 Å². The van der Waals surface area contributed by atoms with Gasteiger partial charge < -0.3 is 19.6 Å². The number of hydrogen-bond acceptors (Lipinski definition) is 6. The molecule has 1 aliphatic heterocycles. The SMILES string of the molecule is CCCCCOc1ccc(/C(O)=C2/C(=O)C(=O)N(CCN(CC)CC)C2c2ccccn2)cc1. The third-order valence-electron chi connectivity index (χ3n) is 6.20. The van der Waals surface area contributed by atoms with Crippen molar-refractivity contribution in [3.8, 4) is 5.75 Å². The van der Waals surface area contributed by atoms with E-state index in [0.717, 1.165) is 32.4 Å². The predicted octanol–water partition coefficient (Wildman–Crippen LogP) is 4.41. The van der Waals surface area contributed by atoms with Gasteiger partial charge in [-0.05, 0) is 55.9 Å². The number of hydrogen-bond donors (Lipinski definition) is 1. The van der Waals surface area contributed by atoms with Crippen LogP contribution in [0.2, 0.25) is 0 Å². The summed E-state index contributed by atoms with van der Waals surface area (Å²) < 4.78 is 5.75. The lowest BCUT2D eigenvalue weighted by Gasteiger charge is -2.27. The number of rotatable bonds is 12. The van der Waals surface area contributed by atoms with E-state index in [0.29, 0.717) is 36.7 Å².